The molecular weight excluding hydrogens is 300 g/mol. The lowest BCUT2D eigenvalue weighted by atomic mass is 9.89. The molecule has 1 aliphatic heterocycles. The van der Waals surface area contributed by atoms with Gasteiger partial charge in [0.15, 0.2) is 0 Å². The Labute approximate surface area is 145 Å². The number of piperidine rings is 1. The molecule has 1 N–H and O–H groups in total. The quantitative estimate of drug-likeness (QED) is 0.902. The fraction of sp³-hybridized carbons (Fsp3) is 0.789. The van der Waals surface area contributed by atoms with Gasteiger partial charge in [0.2, 0.25) is 5.91 Å². The minimum atomic E-state index is 0.0857. The first kappa shape index (κ1) is 17.5. The Kier molecular flexibility index (Phi) is 5.93. The number of nitrogens with zero attached hydrogens (tertiary/aromatic N) is 3. The van der Waals surface area contributed by atoms with E-state index in [4.69, 9.17) is 0 Å². The number of nitrogens with one attached hydrogen (secondary N) is 1. The van der Waals surface area contributed by atoms with E-state index in [-0.39, 0.29) is 17.9 Å². The van der Waals surface area contributed by atoms with Gasteiger partial charge in [-0.05, 0) is 45.2 Å². The molecular formula is C19H32N4O. The Hall–Kier alpha value is -1.36. The molecule has 0 aromatic carbocycles. The minimum absolute atomic E-state index is 0.0857. The molecule has 134 valence electrons. The van der Waals surface area contributed by atoms with Crippen LogP contribution in [0.4, 0.5) is 0 Å². The summed E-state index contributed by atoms with van der Waals surface area (Å²) in [7, 11) is 1.92. The predicted molar refractivity (Wildman–Crippen MR) is 95.6 cm³/mol. The monoisotopic (exact) mass is 332 g/mol. The maximum absolute atomic E-state index is 12.7. The zero-order valence-corrected chi connectivity index (χ0v) is 15.2. The second kappa shape index (κ2) is 8.15. The fourth-order valence-electron chi connectivity index (χ4n) is 4.30. The van der Waals surface area contributed by atoms with Crippen LogP contribution < -0.4 is 5.32 Å². The van der Waals surface area contributed by atoms with Gasteiger partial charge in [-0.3, -0.25) is 9.48 Å². The number of likely N-dealkylation sites (tertiary alicyclic amines) is 1. The van der Waals surface area contributed by atoms with Crippen molar-refractivity contribution in [1.82, 2.24) is 20.0 Å². The summed E-state index contributed by atoms with van der Waals surface area (Å²) in [4.78, 5) is 15.3. The lowest BCUT2D eigenvalue weighted by Crippen LogP contribution is -2.45. The fourth-order valence-corrected chi connectivity index (χ4v) is 4.30. The lowest BCUT2D eigenvalue weighted by Gasteiger charge is -2.39. The number of amides is 1. The van der Waals surface area contributed by atoms with E-state index in [1.165, 1.54) is 32.1 Å². The Morgan fingerprint density at radius 3 is 2.54 bits per heavy atom. The highest BCUT2D eigenvalue weighted by Crippen LogP contribution is 2.27. The zero-order chi connectivity index (χ0) is 16.9. The SMILES string of the molecule is CC[C@H](NC(=O)C1CCN(C2CCCCC2)CC1)c1cnn(C)c1. The Balaban J connectivity index is 1.49. The maximum Gasteiger partial charge on any atom is 0.223 e. The van der Waals surface area contributed by atoms with Crippen LogP contribution in [-0.4, -0.2) is 39.7 Å². The molecule has 1 amide bonds. The predicted octanol–water partition coefficient (Wildman–Crippen LogP) is 3.03. The van der Waals surface area contributed by atoms with E-state index in [9.17, 15) is 4.79 Å². The van der Waals surface area contributed by atoms with Gasteiger partial charge < -0.3 is 10.2 Å². The largest absolute Gasteiger partial charge is 0.349 e. The molecule has 0 unspecified atom stereocenters. The van der Waals surface area contributed by atoms with E-state index >= 15 is 0 Å². The summed E-state index contributed by atoms with van der Waals surface area (Å²) in [5, 5.41) is 7.48. The minimum Gasteiger partial charge on any atom is -0.349 e. The third-order valence-electron chi connectivity index (χ3n) is 5.84. The van der Waals surface area contributed by atoms with Gasteiger partial charge in [-0.1, -0.05) is 26.2 Å². The van der Waals surface area contributed by atoms with Crippen molar-refractivity contribution >= 4 is 5.91 Å². The number of carbonyl (C=O) groups excluding carboxylic acids is 1. The number of aryl methyl sites for hydroxylation is 1. The molecule has 1 saturated heterocycles. The highest BCUT2D eigenvalue weighted by atomic mass is 16.1. The van der Waals surface area contributed by atoms with Crippen molar-refractivity contribution in [2.75, 3.05) is 13.1 Å². The molecule has 5 heteroatoms. The summed E-state index contributed by atoms with van der Waals surface area (Å²) in [5.74, 6) is 0.407. The molecule has 0 spiro atoms. The summed E-state index contributed by atoms with van der Waals surface area (Å²) in [6.45, 7) is 4.29. The van der Waals surface area contributed by atoms with E-state index < -0.39 is 0 Å². The summed E-state index contributed by atoms with van der Waals surface area (Å²) >= 11 is 0. The van der Waals surface area contributed by atoms with Gasteiger partial charge in [-0.25, -0.2) is 0 Å². The van der Waals surface area contributed by atoms with Crippen LogP contribution in [-0.2, 0) is 11.8 Å². The molecule has 2 aliphatic rings. The maximum atomic E-state index is 12.7. The summed E-state index contributed by atoms with van der Waals surface area (Å²) in [5.41, 5.74) is 1.10. The molecule has 0 radical (unpaired) electrons. The van der Waals surface area contributed by atoms with Crippen LogP contribution >= 0.6 is 0 Å². The normalized spacial score (nSPS) is 22.4. The van der Waals surface area contributed by atoms with Gasteiger partial charge in [0.05, 0.1) is 12.2 Å². The van der Waals surface area contributed by atoms with Crippen molar-refractivity contribution < 1.29 is 4.79 Å². The van der Waals surface area contributed by atoms with E-state index in [2.05, 4.69) is 22.2 Å². The molecule has 1 saturated carbocycles. The average molecular weight is 332 g/mol. The van der Waals surface area contributed by atoms with Crippen LogP contribution in [0.15, 0.2) is 12.4 Å². The second-order valence-electron chi connectivity index (χ2n) is 7.52. The molecule has 1 atom stereocenters. The first-order chi connectivity index (χ1) is 11.7. The molecule has 5 nitrogen and oxygen atoms in total. The van der Waals surface area contributed by atoms with Crippen molar-refractivity contribution in [3.63, 3.8) is 0 Å². The van der Waals surface area contributed by atoms with Crippen molar-refractivity contribution in [1.29, 1.82) is 0 Å². The smallest absolute Gasteiger partial charge is 0.223 e. The van der Waals surface area contributed by atoms with Crippen LogP contribution in [0.5, 0.6) is 0 Å². The average Bonchev–Trinajstić information content (AvgIpc) is 3.06. The lowest BCUT2D eigenvalue weighted by molar-refractivity contribution is -0.127. The number of carbonyl (C=O) groups is 1. The molecule has 0 bridgehead atoms. The van der Waals surface area contributed by atoms with Gasteiger partial charge in [0.1, 0.15) is 0 Å². The molecule has 1 aromatic rings. The molecule has 1 aliphatic carbocycles. The van der Waals surface area contributed by atoms with E-state index in [0.29, 0.717) is 0 Å². The standard InChI is InChI=1S/C19H32N4O/c1-3-18(16-13-20-22(2)14-16)21-19(24)15-9-11-23(12-10-15)17-7-5-4-6-8-17/h13-15,17-18H,3-12H2,1-2H3,(H,21,24)/t18-/m0/s1. The molecule has 3 rings (SSSR count). The second-order valence-corrected chi connectivity index (χ2v) is 7.52. The van der Waals surface area contributed by atoms with Gasteiger partial charge in [0.25, 0.3) is 0 Å². The zero-order valence-electron chi connectivity index (χ0n) is 15.2. The van der Waals surface area contributed by atoms with Crippen molar-refractivity contribution in [3.05, 3.63) is 18.0 Å². The van der Waals surface area contributed by atoms with E-state index in [1.807, 2.05) is 19.4 Å². The number of rotatable bonds is 5. The topological polar surface area (TPSA) is 50.2 Å². The van der Waals surface area contributed by atoms with E-state index in [0.717, 1.165) is 44.0 Å². The molecule has 24 heavy (non-hydrogen) atoms. The number of hydrogen-bond acceptors (Lipinski definition) is 3. The van der Waals surface area contributed by atoms with Gasteiger partial charge >= 0.3 is 0 Å². The van der Waals surface area contributed by atoms with Crippen molar-refractivity contribution in [3.8, 4) is 0 Å². The van der Waals surface area contributed by atoms with Crippen LogP contribution in [0.25, 0.3) is 0 Å². The van der Waals surface area contributed by atoms with Crippen molar-refractivity contribution in [2.24, 2.45) is 13.0 Å². The molecule has 1 aromatic heterocycles. The van der Waals surface area contributed by atoms with Gasteiger partial charge in [-0.2, -0.15) is 5.10 Å². The Morgan fingerprint density at radius 2 is 1.96 bits per heavy atom. The third-order valence-corrected chi connectivity index (χ3v) is 5.84. The summed E-state index contributed by atoms with van der Waals surface area (Å²) in [6, 6.07) is 0.865. The van der Waals surface area contributed by atoms with E-state index in [1.54, 1.807) is 4.68 Å². The molecule has 2 heterocycles. The number of aromatic nitrogens is 2. The third kappa shape index (κ3) is 4.18. The highest BCUT2D eigenvalue weighted by molar-refractivity contribution is 5.79. The van der Waals surface area contributed by atoms with Crippen molar-refractivity contribution in [2.45, 2.75) is 70.4 Å². The summed E-state index contributed by atoms with van der Waals surface area (Å²) < 4.78 is 1.80. The van der Waals surface area contributed by atoms with Gasteiger partial charge in [-0.15, -0.1) is 0 Å². The van der Waals surface area contributed by atoms with Crippen LogP contribution in [0, 0.1) is 5.92 Å². The molecule has 2 fully saturated rings. The Bertz CT molecular complexity index is 527. The first-order valence-corrected chi connectivity index (χ1v) is 9.70. The van der Waals surface area contributed by atoms with Gasteiger partial charge in [0, 0.05) is 30.8 Å². The first-order valence-electron chi connectivity index (χ1n) is 9.70. The Morgan fingerprint density at radius 1 is 1.25 bits per heavy atom. The van der Waals surface area contributed by atoms with Crippen LogP contribution in [0.1, 0.15) is 69.9 Å². The highest BCUT2D eigenvalue weighted by Gasteiger charge is 2.30. The summed E-state index contributed by atoms with van der Waals surface area (Å²) in [6.07, 6.45) is 13.7. The number of hydrogen-bond donors (Lipinski definition) is 1. The van der Waals surface area contributed by atoms with Crippen LogP contribution in [0.3, 0.4) is 0 Å². The van der Waals surface area contributed by atoms with Crippen LogP contribution in [0.2, 0.25) is 0 Å².